The third kappa shape index (κ3) is 1.07. The molecule has 2 nitrogen and oxygen atoms in total. The van der Waals surface area contributed by atoms with Crippen molar-refractivity contribution in [3.8, 4) is 5.75 Å². The number of aromatic hydroxyl groups is 1. The van der Waals surface area contributed by atoms with E-state index in [4.69, 9.17) is 0 Å². The molecule has 1 heterocycles. The Labute approximate surface area is 84.0 Å². The van der Waals surface area contributed by atoms with Crippen LogP contribution in [0.25, 0.3) is 0 Å². The predicted octanol–water partition coefficient (Wildman–Crippen LogP) is 1.86. The molecule has 3 rings (SSSR count). The summed E-state index contributed by atoms with van der Waals surface area (Å²) in [7, 11) is 0. The minimum absolute atomic E-state index is 0.473. The Morgan fingerprint density at radius 2 is 2.21 bits per heavy atom. The van der Waals surface area contributed by atoms with Gasteiger partial charge in [-0.1, -0.05) is 18.2 Å². The second-order valence-corrected chi connectivity index (χ2v) is 4.60. The van der Waals surface area contributed by atoms with Crippen molar-refractivity contribution in [3.63, 3.8) is 0 Å². The van der Waals surface area contributed by atoms with Gasteiger partial charge in [-0.15, -0.1) is 0 Å². The van der Waals surface area contributed by atoms with Crippen LogP contribution in [0.3, 0.4) is 0 Å². The summed E-state index contributed by atoms with van der Waals surface area (Å²) in [5.74, 6) is 1.07. The third-order valence-corrected chi connectivity index (χ3v) is 3.78. The lowest BCUT2D eigenvalue weighted by molar-refractivity contribution is 0.461. The van der Waals surface area contributed by atoms with Crippen LogP contribution in [0, 0.1) is 5.41 Å². The summed E-state index contributed by atoms with van der Waals surface area (Å²) in [5, 5.41) is 13.2. The van der Waals surface area contributed by atoms with Crippen LogP contribution in [0.5, 0.6) is 5.75 Å². The van der Waals surface area contributed by atoms with Crippen LogP contribution in [0.4, 0.5) is 0 Å². The number of nitrogens with one attached hydrogen (secondary N) is 1. The fraction of sp³-hybridized carbons (Fsp3) is 0.500. The van der Waals surface area contributed by atoms with E-state index in [-0.39, 0.29) is 0 Å². The molecule has 2 atom stereocenters. The van der Waals surface area contributed by atoms with E-state index in [9.17, 15) is 5.11 Å². The zero-order chi connectivity index (χ0) is 9.60. The van der Waals surface area contributed by atoms with Crippen LogP contribution in [0.2, 0.25) is 0 Å². The SMILES string of the molecule is Oc1ccccc1C1CC12CCNC2. The quantitative estimate of drug-likeness (QED) is 0.706. The highest BCUT2D eigenvalue weighted by Crippen LogP contribution is 2.63. The maximum absolute atomic E-state index is 9.74. The van der Waals surface area contributed by atoms with Crippen LogP contribution in [-0.2, 0) is 0 Å². The molecule has 2 aliphatic rings. The highest BCUT2D eigenvalue weighted by atomic mass is 16.3. The molecule has 1 saturated carbocycles. The zero-order valence-corrected chi connectivity index (χ0v) is 8.16. The molecule has 0 aromatic heterocycles. The number of hydrogen-bond donors (Lipinski definition) is 2. The van der Waals surface area contributed by atoms with Gasteiger partial charge in [0.05, 0.1) is 0 Å². The molecule has 2 heteroatoms. The van der Waals surface area contributed by atoms with Crippen molar-refractivity contribution in [2.24, 2.45) is 5.41 Å². The Kier molecular flexibility index (Phi) is 1.62. The fourth-order valence-corrected chi connectivity index (χ4v) is 2.80. The van der Waals surface area contributed by atoms with E-state index < -0.39 is 0 Å². The van der Waals surface area contributed by atoms with Crippen LogP contribution in [0.15, 0.2) is 24.3 Å². The van der Waals surface area contributed by atoms with Gasteiger partial charge in [-0.3, -0.25) is 0 Å². The van der Waals surface area contributed by atoms with Crippen molar-refractivity contribution in [1.29, 1.82) is 0 Å². The summed E-state index contributed by atoms with van der Waals surface area (Å²) in [4.78, 5) is 0. The van der Waals surface area contributed by atoms with Crippen molar-refractivity contribution < 1.29 is 5.11 Å². The molecule has 1 aromatic carbocycles. The van der Waals surface area contributed by atoms with Gasteiger partial charge >= 0.3 is 0 Å². The summed E-state index contributed by atoms with van der Waals surface area (Å²) in [6.45, 7) is 2.27. The molecule has 1 aliphatic heterocycles. The number of phenolic OH excluding ortho intramolecular Hbond substituents is 1. The molecular weight excluding hydrogens is 174 g/mol. The van der Waals surface area contributed by atoms with Crippen LogP contribution < -0.4 is 5.32 Å². The van der Waals surface area contributed by atoms with Crippen LogP contribution >= 0.6 is 0 Å². The van der Waals surface area contributed by atoms with Gasteiger partial charge in [-0.25, -0.2) is 0 Å². The summed E-state index contributed by atoms with van der Waals surface area (Å²) in [6, 6.07) is 7.76. The van der Waals surface area contributed by atoms with E-state index in [0.717, 1.165) is 18.7 Å². The lowest BCUT2D eigenvalue weighted by Crippen LogP contribution is -2.10. The van der Waals surface area contributed by atoms with E-state index in [0.29, 0.717) is 17.1 Å². The first-order chi connectivity index (χ1) is 6.82. The van der Waals surface area contributed by atoms with Crippen molar-refractivity contribution in [2.75, 3.05) is 13.1 Å². The first-order valence-electron chi connectivity index (χ1n) is 5.30. The van der Waals surface area contributed by atoms with E-state index in [2.05, 4.69) is 11.4 Å². The molecule has 0 amide bonds. The molecule has 2 N–H and O–H groups in total. The average Bonchev–Trinajstić information content (AvgIpc) is 2.67. The lowest BCUT2D eigenvalue weighted by Gasteiger charge is -2.08. The topological polar surface area (TPSA) is 32.3 Å². The first-order valence-corrected chi connectivity index (χ1v) is 5.30. The van der Waals surface area contributed by atoms with Crippen molar-refractivity contribution in [1.82, 2.24) is 5.32 Å². The number of para-hydroxylation sites is 1. The number of hydrogen-bond acceptors (Lipinski definition) is 2. The molecule has 1 aliphatic carbocycles. The molecule has 2 unspecified atom stereocenters. The van der Waals surface area contributed by atoms with Gasteiger partial charge in [0.15, 0.2) is 0 Å². The standard InChI is InChI=1S/C12H15NO/c14-11-4-2-1-3-9(11)10-7-12(10)5-6-13-8-12/h1-4,10,13-14H,5-8H2. The predicted molar refractivity (Wildman–Crippen MR) is 55.4 cm³/mol. The highest BCUT2D eigenvalue weighted by Gasteiger charge is 2.56. The molecule has 14 heavy (non-hydrogen) atoms. The van der Waals surface area contributed by atoms with Gasteiger partial charge in [0, 0.05) is 6.54 Å². The second-order valence-electron chi connectivity index (χ2n) is 4.60. The molecule has 1 spiro atoms. The summed E-state index contributed by atoms with van der Waals surface area (Å²) >= 11 is 0. The van der Waals surface area contributed by atoms with Crippen LogP contribution in [0.1, 0.15) is 24.3 Å². The molecule has 1 aromatic rings. The van der Waals surface area contributed by atoms with E-state index in [1.165, 1.54) is 12.8 Å². The van der Waals surface area contributed by atoms with Gasteiger partial charge in [0.2, 0.25) is 0 Å². The largest absolute Gasteiger partial charge is 0.508 e. The van der Waals surface area contributed by atoms with Crippen LogP contribution in [-0.4, -0.2) is 18.2 Å². The monoisotopic (exact) mass is 189 g/mol. The summed E-state index contributed by atoms with van der Waals surface area (Å²) in [5.41, 5.74) is 1.63. The Bertz CT molecular complexity index is 355. The summed E-state index contributed by atoms with van der Waals surface area (Å²) in [6.07, 6.45) is 2.52. The Balaban J connectivity index is 1.89. The van der Waals surface area contributed by atoms with Gasteiger partial charge < -0.3 is 10.4 Å². The van der Waals surface area contributed by atoms with E-state index >= 15 is 0 Å². The Hall–Kier alpha value is -1.02. The minimum Gasteiger partial charge on any atom is -0.508 e. The van der Waals surface area contributed by atoms with Gasteiger partial charge in [0.1, 0.15) is 5.75 Å². The number of phenols is 1. The average molecular weight is 189 g/mol. The van der Waals surface area contributed by atoms with Gasteiger partial charge in [0.25, 0.3) is 0 Å². The Morgan fingerprint density at radius 1 is 1.36 bits per heavy atom. The van der Waals surface area contributed by atoms with Crippen molar-refractivity contribution in [3.05, 3.63) is 29.8 Å². The fourth-order valence-electron chi connectivity index (χ4n) is 2.80. The highest BCUT2D eigenvalue weighted by molar-refractivity contribution is 5.41. The van der Waals surface area contributed by atoms with Crippen molar-refractivity contribution >= 4 is 0 Å². The molecule has 0 bridgehead atoms. The third-order valence-electron chi connectivity index (χ3n) is 3.78. The zero-order valence-electron chi connectivity index (χ0n) is 8.16. The Morgan fingerprint density at radius 3 is 2.93 bits per heavy atom. The number of benzene rings is 1. The van der Waals surface area contributed by atoms with E-state index in [1.54, 1.807) is 6.07 Å². The molecule has 2 fully saturated rings. The lowest BCUT2D eigenvalue weighted by atomic mass is 9.98. The smallest absolute Gasteiger partial charge is 0.119 e. The van der Waals surface area contributed by atoms with Gasteiger partial charge in [-0.2, -0.15) is 0 Å². The molecule has 0 radical (unpaired) electrons. The first kappa shape index (κ1) is 8.30. The molecular formula is C12H15NO. The van der Waals surface area contributed by atoms with Crippen molar-refractivity contribution in [2.45, 2.75) is 18.8 Å². The second kappa shape index (κ2) is 2.74. The summed E-state index contributed by atoms with van der Waals surface area (Å²) < 4.78 is 0. The minimum atomic E-state index is 0.473. The van der Waals surface area contributed by atoms with Gasteiger partial charge in [-0.05, 0) is 42.3 Å². The number of rotatable bonds is 1. The normalized spacial score (nSPS) is 35.0. The molecule has 74 valence electrons. The molecule has 1 saturated heterocycles. The maximum atomic E-state index is 9.74. The van der Waals surface area contributed by atoms with E-state index in [1.807, 2.05) is 12.1 Å². The maximum Gasteiger partial charge on any atom is 0.119 e.